The highest BCUT2D eigenvalue weighted by molar-refractivity contribution is 6.42. The Kier molecular flexibility index (Phi) is 4.94. The third-order valence-corrected chi connectivity index (χ3v) is 3.39. The van der Waals surface area contributed by atoms with Crippen LogP contribution in [-0.4, -0.2) is 12.6 Å². The van der Waals surface area contributed by atoms with Crippen LogP contribution in [-0.2, 0) is 4.74 Å². The number of esters is 1. The Morgan fingerprint density at radius 2 is 1.95 bits per heavy atom. The molecule has 4 nitrogen and oxygen atoms in total. The zero-order valence-electron chi connectivity index (χ0n) is 11.2. The molecule has 0 aliphatic heterocycles. The molecule has 2 aromatic rings. The smallest absolute Gasteiger partial charge is 0.342 e. The van der Waals surface area contributed by atoms with E-state index < -0.39 is 5.97 Å². The molecular weight excluding hydrogens is 313 g/mol. The number of nitrogens with two attached hydrogens (primary N) is 1. The molecule has 0 aliphatic carbocycles. The van der Waals surface area contributed by atoms with Crippen LogP contribution in [0.3, 0.4) is 0 Å². The second kappa shape index (κ2) is 6.70. The SMILES string of the molecule is CCOC(=O)c1cccc(N)c1Oc1ccc(Cl)c(Cl)c1. The molecule has 0 radical (unpaired) electrons. The average molecular weight is 326 g/mol. The van der Waals surface area contributed by atoms with E-state index in [1.54, 1.807) is 43.3 Å². The highest BCUT2D eigenvalue weighted by Gasteiger charge is 2.17. The van der Waals surface area contributed by atoms with Crippen LogP contribution in [0, 0.1) is 0 Å². The summed E-state index contributed by atoms with van der Waals surface area (Å²) in [7, 11) is 0. The van der Waals surface area contributed by atoms with Crippen molar-refractivity contribution in [2.75, 3.05) is 12.3 Å². The molecule has 0 aromatic heterocycles. The molecule has 0 aliphatic rings. The number of para-hydroxylation sites is 1. The Balaban J connectivity index is 2.38. The number of carbonyl (C=O) groups is 1. The summed E-state index contributed by atoms with van der Waals surface area (Å²) in [6, 6.07) is 9.66. The van der Waals surface area contributed by atoms with Gasteiger partial charge in [0.05, 0.1) is 22.3 Å². The molecule has 0 bridgehead atoms. The first-order chi connectivity index (χ1) is 10.0. The summed E-state index contributed by atoms with van der Waals surface area (Å²) in [4.78, 5) is 11.9. The Morgan fingerprint density at radius 3 is 2.62 bits per heavy atom. The van der Waals surface area contributed by atoms with Crippen molar-refractivity contribution in [1.82, 2.24) is 0 Å². The minimum atomic E-state index is -0.500. The van der Waals surface area contributed by atoms with Gasteiger partial charge >= 0.3 is 5.97 Å². The van der Waals surface area contributed by atoms with Gasteiger partial charge in [-0.1, -0.05) is 29.3 Å². The number of nitrogen functional groups attached to an aromatic ring is 1. The van der Waals surface area contributed by atoms with E-state index in [1.165, 1.54) is 0 Å². The zero-order chi connectivity index (χ0) is 15.4. The predicted octanol–water partition coefficient (Wildman–Crippen LogP) is 4.54. The van der Waals surface area contributed by atoms with E-state index in [0.29, 0.717) is 21.5 Å². The van der Waals surface area contributed by atoms with Crippen LogP contribution >= 0.6 is 23.2 Å². The van der Waals surface area contributed by atoms with Gasteiger partial charge in [-0.2, -0.15) is 0 Å². The highest BCUT2D eigenvalue weighted by atomic mass is 35.5. The fraction of sp³-hybridized carbons (Fsp3) is 0.133. The molecule has 0 fully saturated rings. The van der Waals surface area contributed by atoms with Crippen LogP contribution in [0.4, 0.5) is 5.69 Å². The molecule has 0 saturated heterocycles. The van der Waals surface area contributed by atoms with Crippen molar-refractivity contribution < 1.29 is 14.3 Å². The normalized spacial score (nSPS) is 10.2. The van der Waals surface area contributed by atoms with Crippen LogP contribution in [0.5, 0.6) is 11.5 Å². The molecule has 110 valence electrons. The molecule has 2 N–H and O–H groups in total. The van der Waals surface area contributed by atoms with Gasteiger partial charge in [0.1, 0.15) is 11.3 Å². The van der Waals surface area contributed by atoms with Gasteiger partial charge in [-0.3, -0.25) is 0 Å². The largest absolute Gasteiger partial charge is 0.462 e. The summed E-state index contributed by atoms with van der Waals surface area (Å²) in [6.45, 7) is 1.99. The van der Waals surface area contributed by atoms with Crippen molar-refractivity contribution in [3.05, 3.63) is 52.0 Å². The van der Waals surface area contributed by atoms with Crippen molar-refractivity contribution >= 4 is 34.9 Å². The topological polar surface area (TPSA) is 61.5 Å². The van der Waals surface area contributed by atoms with Crippen molar-refractivity contribution in [3.63, 3.8) is 0 Å². The first kappa shape index (κ1) is 15.5. The molecule has 21 heavy (non-hydrogen) atoms. The van der Waals surface area contributed by atoms with E-state index in [2.05, 4.69) is 0 Å². The quantitative estimate of drug-likeness (QED) is 0.662. The highest BCUT2D eigenvalue weighted by Crippen LogP contribution is 2.34. The zero-order valence-corrected chi connectivity index (χ0v) is 12.7. The second-order valence-electron chi connectivity index (χ2n) is 4.12. The van der Waals surface area contributed by atoms with Crippen LogP contribution in [0.2, 0.25) is 10.0 Å². The minimum Gasteiger partial charge on any atom is -0.462 e. The number of halogens is 2. The number of ether oxygens (including phenoxy) is 2. The average Bonchev–Trinajstić information content (AvgIpc) is 2.45. The van der Waals surface area contributed by atoms with E-state index in [4.69, 9.17) is 38.4 Å². The van der Waals surface area contributed by atoms with Gasteiger partial charge in [0, 0.05) is 6.07 Å². The van der Waals surface area contributed by atoms with Crippen LogP contribution in [0.1, 0.15) is 17.3 Å². The van der Waals surface area contributed by atoms with Crippen LogP contribution in [0.15, 0.2) is 36.4 Å². The number of carbonyl (C=O) groups excluding carboxylic acids is 1. The summed E-state index contributed by atoms with van der Waals surface area (Å²) >= 11 is 11.8. The van der Waals surface area contributed by atoms with E-state index in [0.717, 1.165) is 0 Å². The lowest BCUT2D eigenvalue weighted by Gasteiger charge is -2.13. The molecular formula is C15H13Cl2NO3. The standard InChI is InChI=1S/C15H13Cl2NO3/c1-2-20-15(19)10-4-3-5-13(18)14(10)21-9-6-7-11(16)12(17)8-9/h3-8H,2,18H2,1H3. The third kappa shape index (κ3) is 3.60. The molecule has 0 heterocycles. The van der Waals surface area contributed by atoms with Crippen LogP contribution < -0.4 is 10.5 Å². The molecule has 0 unspecified atom stereocenters. The van der Waals surface area contributed by atoms with E-state index in [9.17, 15) is 4.79 Å². The molecule has 0 saturated carbocycles. The fourth-order valence-corrected chi connectivity index (χ4v) is 1.98. The Hall–Kier alpha value is -1.91. The van der Waals surface area contributed by atoms with E-state index in [1.807, 2.05) is 0 Å². The lowest BCUT2D eigenvalue weighted by molar-refractivity contribution is 0.0523. The summed E-state index contributed by atoms with van der Waals surface area (Å²) < 4.78 is 10.7. The molecule has 0 spiro atoms. The van der Waals surface area contributed by atoms with Gasteiger partial charge in [0.2, 0.25) is 0 Å². The van der Waals surface area contributed by atoms with Crippen molar-refractivity contribution in [1.29, 1.82) is 0 Å². The molecule has 0 amide bonds. The maximum Gasteiger partial charge on any atom is 0.342 e. The Morgan fingerprint density at radius 1 is 1.19 bits per heavy atom. The summed E-state index contributed by atoms with van der Waals surface area (Å²) in [5.74, 6) is 0.155. The van der Waals surface area contributed by atoms with Crippen molar-refractivity contribution in [2.45, 2.75) is 6.92 Å². The van der Waals surface area contributed by atoms with Gasteiger partial charge in [-0.05, 0) is 31.2 Å². The number of benzene rings is 2. The molecule has 0 atom stereocenters. The molecule has 2 rings (SSSR count). The molecule has 6 heteroatoms. The van der Waals surface area contributed by atoms with E-state index in [-0.39, 0.29) is 17.9 Å². The second-order valence-corrected chi connectivity index (χ2v) is 4.94. The number of anilines is 1. The number of rotatable bonds is 4. The Bertz CT molecular complexity index is 674. The van der Waals surface area contributed by atoms with Crippen molar-refractivity contribution in [2.24, 2.45) is 0 Å². The molecule has 2 aromatic carbocycles. The lowest BCUT2D eigenvalue weighted by atomic mass is 10.1. The fourth-order valence-electron chi connectivity index (χ4n) is 1.70. The third-order valence-electron chi connectivity index (χ3n) is 2.65. The van der Waals surface area contributed by atoms with Gasteiger partial charge < -0.3 is 15.2 Å². The van der Waals surface area contributed by atoms with Crippen LogP contribution in [0.25, 0.3) is 0 Å². The van der Waals surface area contributed by atoms with Crippen molar-refractivity contribution in [3.8, 4) is 11.5 Å². The maximum atomic E-state index is 11.9. The van der Waals surface area contributed by atoms with Gasteiger partial charge in [-0.15, -0.1) is 0 Å². The van der Waals surface area contributed by atoms with E-state index >= 15 is 0 Å². The number of hydrogen-bond donors (Lipinski definition) is 1. The first-order valence-electron chi connectivity index (χ1n) is 6.21. The monoisotopic (exact) mass is 325 g/mol. The maximum absolute atomic E-state index is 11.9. The summed E-state index contributed by atoms with van der Waals surface area (Å²) in [6.07, 6.45) is 0. The van der Waals surface area contributed by atoms with Gasteiger partial charge in [0.25, 0.3) is 0 Å². The minimum absolute atomic E-state index is 0.231. The Labute approximate surface area is 132 Å². The first-order valence-corrected chi connectivity index (χ1v) is 6.97. The predicted molar refractivity (Wildman–Crippen MR) is 83.3 cm³/mol. The lowest BCUT2D eigenvalue weighted by Crippen LogP contribution is -2.08. The van der Waals surface area contributed by atoms with Gasteiger partial charge in [-0.25, -0.2) is 4.79 Å². The number of hydrogen-bond acceptors (Lipinski definition) is 4. The summed E-state index contributed by atoms with van der Waals surface area (Å²) in [5.41, 5.74) is 6.46. The summed E-state index contributed by atoms with van der Waals surface area (Å²) in [5, 5.41) is 0.761. The van der Waals surface area contributed by atoms with Gasteiger partial charge in [0.15, 0.2) is 5.75 Å².